The lowest BCUT2D eigenvalue weighted by Crippen LogP contribution is -1.98. The van der Waals surface area contributed by atoms with Crippen molar-refractivity contribution in [2.75, 3.05) is 0 Å². The van der Waals surface area contributed by atoms with Crippen LogP contribution >= 0.6 is 23.8 Å². The van der Waals surface area contributed by atoms with Gasteiger partial charge < -0.3 is 4.98 Å². The molecule has 3 rings (SSSR count). The maximum atomic E-state index is 13.8. The van der Waals surface area contributed by atoms with Crippen LogP contribution < -0.4 is 0 Å². The number of hydrogen-bond donors (Lipinski definition) is 1. The van der Waals surface area contributed by atoms with E-state index in [1.807, 2.05) is 0 Å². The smallest absolute Gasteiger partial charge is 0.184 e. The second kappa shape index (κ2) is 4.19. The number of fused-ring (bicyclic) bond motifs is 1. The van der Waals surface area contributed by atoms with Gasteiger partial charge in [-0.1, -0.05) is 23.7 Å². The zero-order valence-electron chi connectivity index (χ0n) is 9.02. The van der Waals surface area contributed by atoms with Gasteiger partial charge in [0, 0.05) is 6.20 Å². The summed E-state index contributed by atoms with van der Waals surface area (Å²) >= 11 is 11.1. The van der Waals surface area contributed by atoms with E-state index in [9.17, 15) is 4.39 Å². The molecule has 0 bridgehead atoms. The number of rotatable bonds is 1. The number of para-hydroxylation sites is 1. The Bertz CT molecular complexity index is 793. The van der Waals surface area contributed by atoms with Crippen molar-refractivity contribution in [3.8, 4) is 5.69 Å². The van der Waals surface area contributed by atoms with Crippen LogP contribution in [0.2, 0.25) is 5.02 Å². The van der Waals surface area contributed by atoms with E-state index in [0.29, 0.717) is 26.6 Å². The van der Waals surface area contributed by atoms with E-state index in [2.05, 4.69) is 9.97 Å². The van der Waals surface area contributed by atoms with Crippen molar-refractivity contribution in [1.29, 1.82) is 0 Å². The first-order valence-corrected chi connectivity index (χ1v) is 5.96. The number of nitrogens with one attached hydrogen (secondary N) is 1. The van der Waals surface area contributed by atoms with Crippen molar-refractivity contribution in [2.45, 2.75) is 0 Å². The van der Waals surface area contributed by atoms with E-state index < -0.39 is 0 Å². The summed E-state index contributed by atoms with van der Waals surface area (Å²) in [5.41, 5.74) is 1.59. The molecule has 0 saturated carbocycles. The van der Waals surface area contributed by atoms with Crippen LogP contribution in [0.4, 0.5) is 4.39 Å². The fourth-order valence-corrected chi connectivity index (χ4v) is 2.28. The normalized spacial score (nSPS) is 11.0. The fourth-order valence-electron chi connectivity index (χ4n) is 1.83. The number of H-pyrrole nitrogens is 1. The van der Waals surface area contributed by atoms with Gasteiger partial charge in [0.05, 0.1) is 16.2 Å². The van der Waals surface area contributed by atoms with Crippen LogP contribution in [0.15, 0.2) is 36.5 Å². The number of benzene rings is 1. The third kappa shape index (κ3) is 1.72. The number of aromatic nitrogens is 3. The van der Waals surface area contributed by atoms with Crippen molar-refractivity contribution >= 4 is 35.0 Å². The monoisotopic (exact) mass is 279 g/mol. The molecule has 1 N–H and O–H groups in total. The number of pyridine rings is 1. The summed E-state index contributed by atoms with van der Waals surface area (Å²) in [7, 11) is 0. The van der Waals surface area contributed by atoms with E-state index in [1.54, 1.807) is 28.8 Å². The first-order chi connectivity index (χ1) is 8.66. The van der Waals surface area contributed by atoms with Gasteiger partial charge in [0.1, 0.15) is 5.82 Å². The zero-order chi connectivity index (χ0) is 12.7. The van der Waals surface area contributed by atoms with Crippen molar-refractivity contribution in [3.63, 3.8) is 0 Å². The summed E-state index contributed by atoms with van der Waals surface area (Å²) in [6.07, 6.45) is 1.50. The van der Waals surface area contributed by atoms with Crippen molar-refractivity contribution in [1.82, 2.24) is 14.5 Å². The highest BCUT2D eigenvalue weighted by Gasteiger charge is 2.11. The molecule has 0 unspecified atom stereocenters. The molecule has 1 aromatic carbocycles. The molecule has 0 atom stereocenters. The Morgan fingerprint density at radius 2 is 2.11 bits per heavy atom. The number of nitrogens with zero attached hydrogens (tertiary/aromatic N) is 2. The Morgan fingerprint density at radius 1 is 1.33 bits per heavy atom. The van der Waals surface area contributed by atoms with E-state index in [1.165, 1.54) is 12.3 Å². The SMILES string of the molecule is Fc1ccccc1-n1c(=S)[nH]c2cc(Cl)cnc21. The van der Waals surface area contributed by atoms with Crippen LogP contribution in [0.1, 0.15) is 0 Å². The van der Waals surface area contributed by atoms with Gasteiger partial charge in [0.25, 0.3) is 0 Å². The molecule has 2 heterocycles. The minimum Gasteiger partial charge on any atom is -0.329 e. The summed E-state index contributed by atoms with van der Waals surface area (Å²) < 4.78 is 15.7. The molecule has 18 heavy (non-hydrogen) atoms. The summed E-state index contributed by atoms with van der Waals surface area (Å²) in [5, 5.41) is 0.499. The predicted molar refractivity (Wildman–Crippen MR) is 71.2 cm³/mol. The minimum absolute atomic E-state index is 0.355. The van der Waals surface area contributed by atoms with Crippen LogP contribution in [0.25, 0.3) is 16.9 Å². The molecule has 0 saturated heterocycles. The number of aromatic amines is 1. The molecule has 0 aliphatic carbocycles. The van der Waals surface area contributed by atoms with E-state index in [4.69, 9.17) is 23.8 Å². The summed E-state index contributed by atoms with van der Waals surface area (Å²) in [4.78, 5) is 7.14. The highest BCUT2D eigenvalue weighted by Crippen LogP contribution is 2.21. The van der Waals surface area contributed by atoms with Gasteiger partial charge >= 0.3 is 0 Å². The highest BCUT2D eigenvalue weighted by atomic mass is 35.5. The van der Waals surface area contributed by atoms with Crippen LogP contribution in [0, 0.1) is 10.6 Å². The van der Waals surface area contributed by atoms with Gasteiger partial charge in [-0.2, -0.15) is 0 Å². The molecule has 0 spiro atoms. The lowest BCUT2D eigenvalue weighted by molar-refractivity contribution is 0.618. The molecule has 0 aliphatic heterocycles. The molecule has 3 aromatic rings. The molecule has 0 amide bonds. The molecule has 3 nitrogen and oxygen atoms in total. The van der Waals surface area contributed by atoms with E-state index in [0.717, 1.165) is 0 Å². The second-order valence-corrected chi connectivity index (χ2v) is 4.56. The molecule has 6 heteroatoms. The third-order valence-corrected chi connectivity index (χ3v) is 3.07. The fraction of sp³-hybridized carbons (Fsp3) is 0. The molecular weight excluding hydrogens is 273 g/mol. The average Bonchev–Trinajstić information content (AvgIpc) is 2.65. The topological polar surface area (TPSA) is 33.6 Å². The number of imidazole rings is 1. The summed E-state index contributed by atoms with van der Waals surface area (Å²) in [6, 6.07) is 8.11. The van der Waals surface area contributed by atoms with E-state index >= 15 is 0 Å². The van der Waals surface area contributed by atoms with Gasteiger partial charge in [0.15, 0.2) is 10.4 Å². The lowest BCUT2D eigenvalue weighted by atomic mass is 10.3. The first kappa shape index (κ1) is 11.4. The highest BCUT2D eigenvalue weighted by molar-refractivity contribution is 7.71. The first-order valence-electron chi connectivity index (χ1n) is 5.18. The molecule has 90 valence electrons. The van der Waals surface area contributed by atoms with Gasteiger partial charge in [0.2, 0.25) is 0 Å². The average molecular weight is 280 g/mol. The van der Waals surface area contributed by atoms with Crippen LogP contribution in [-0.2, 0) is 0 Å². The Morgan fingerprint density at radius 3 is 2.89 bits per heavy atom. The van der Waals surface area contributed by atoms with Crippen LogP contribution in [0.5, 0.6) is 0 Å². The lowest BCUT2D eigenvalue weighted by Gasteiger charge is -2.04. The molecular formula is C12H7ClFN3S. The Balaban J connectivity index is 2.40. The maximum absolute atomic E-state index is 13.8. The van der Waals surface area contributed by atoms with Gasteiger partial charge in [-0.25, -0.2) is 9.37 Å². The minimum atomic E-state index is -0.355. The molecule has 0 fully saturated rings. The quantitative estimate of drug-likeness (QED) is 0.686. The van der Waals surface area contributed by atoms with Gasteiger partial charge in [-0.05, 0) is 30.4 Å². The number of hydrogen-bond acceptors (Lipinski definition) is 2. The van der Waals surface area contributed by atoms with Crippen LogP contribution in [-0.4, -0.2) is 14.5 Å². The Hall–Kier alpha value is -1.72. The van der Waals surface area contributed by atoms with Crippen molar-refractivity contribution < 1.29 is 4.39 Å². The van der Waals surface area contributed by atoms with Gasteiger partial charge in [-0.3, -0.25) is 4.57 Å². The molecule has 0 aliphatic rings. The van der Waals surface area contributed by atoms with Crippen molar-refractivity contribution in [3.05, 3.63) is 52.1 Å². The Labute approximate surface area is 112 Å². The number of halogens is 2. The molecule has 2 aromatic heterocycles. The predicted octanol–water partition coefficient (Wildman–Crippen LogP) is 3.88. The summed E-state index contributed by atoms with van der Waals surface area (Å²) in [5.74, 6) is -0.355. The van der Waals surface area contributed by atoms with E-state index in [-0.39, 0.29) is 5.82 Å². The van der Waals surface area contributed by atoms with Gasteiger partial charge in [-0.15, -0.1) is 0 Å². The van der Waals surface area contributed by atoms with Crippen LogP contribution in [0.3, 0.4) is 0 Å². The summed E-state index contributed by atoms with van der Waals surface area (Å²) in [6.45, 7) is 0. The largest absolute Gasteiger partial charge is 0.329 e. The zero-order valence-corrected chi connectivity index (χ0v) is 10.6. The Kier molecular flexibility index (Phi) is 2.65. The third-order valence-electron chi connectivity index (χ3n) is 2.58. The second-order valence-electron chi connectivity index (χ2n) is 3.74. The maximum Gasteiger partial charge on any atom is 0.184 e. The molecule has 0 radical (unpaired) electrons. The van der Waals surface area contributed by atoms with Crippen molar-refractivity contribution in [2.24, 2.45) is 0 Å². The standard InChI is InChI=1S/C12H7ClFN3S/c13-7-5-9-11(15-6-7)17(12(18)16-9)10-4-2-1-3-8(10)14/h1-6H,(H,16,18).